The number of carbonyl (C=O) groups excluding carboxylic acids is 1. The summed E-state index contributed by atoms with van der Waals surface area (Å²) in [6.45, 7) is 0.365. The number of nitrogens with one attached hydrogen (secondary N) is 2. The Morgan fingerprint density at radius 1 is 1.00 bits per heavy atom. The number of nitrogens with zero attached hydrogens (tertiary/aromatic N) is 2. The molecule has 2 aromatic heterocycles. The fraction of sp³-hybridized carbons (Fsp3) is 0.0556. The lowest BCUT2D eigenvalue weighted by Gasteiger charge is -2.08. The summed E-state index contributed by atoms with van der Waals surface area (Å²) in [5.41, 5.74) is 2.78. The number of halogens is 1. The Kier molecular flexibility index (Phi) is 5.03. The van der Waals surface area contributed by atoms with Gasteiger partial charge in [0.1, 0.15) is 5.69 Å². The predicted molar refractivity (Wildman–Crippen MR) is 94.4 cm³/mol. The summed E-state index contributed by atoms with van der Waals surface area (Å²) in [7, 11) is 0. The monoisotopic (exact) mass is 338 g/mol. The number of pyridine rings is 2. The summed E-state index contributed by atoms with van der Waals surface area (Å²) in [5, 5.41) is 6.62. The van der Waals surface area contributed by atoms with Crippen LogP contribution in [0, 0.1) is 0 Å². The van der Waals surface area contributed by atoms with Crippen LogP contribution in [-0.2, 0) is 6.54 Å². The van der Waals surface area contributed by atoms with E-state index >= 15 is 0 Å². The van der Waals surface area contributed by atoms with Crippen LogP contribution >= 0.6 is 11.6 Å². The molecule has 0 aliphatic rings. The largest absolute Gasteiger partial charge is 0.354 e. The smallest absolute Gasteiger partial charge is 0.270 e. The lowest BCUT2D eigenvalue weighted by atomic mass is 10.2. The van der Waals surface area contributed by atoms with E-state index in [1.165, 1.54) is 0 Å². The maximum Gasteiger partial charge on any atom is 0.270 e. The molecule has 0 aliphatic heterocycles. The van der Waals surface area contributed by atoms with Gasteiger partial charge in [-0.15, -0.1) is 0 Å². The third kappa shape index (κ3) is 4.30. The molecule has 6 heteroatoms. The van der Waals surface area contributed by atoms with Crippen LogP contribution in [0.3, 0.4) is 0 Å². The first kappa shape index (κ1) is 16.0. The molecule has 2 N–H and O–H groups in total. The first-order chi connectivity index (χ1) is 11.7. The summed E-state index contributed by atoms with van der Waals surface area (Å²) in [6, 6.07) is 16.4. The molecule has 5 nitrogen and oxygen atoms in total. The highest BCUT2D eigenvalue weighted by atomic mass is 35.5. The van der Waals surface area contributed by atoms with E-state index in [1.54, 1.807) is 30.6 Å². The van der Waals surface area contributed by atoms with E-state index in [4.69, 9.17) is 11.6 Å². The maximum absolute atomic E-state index is 12.1. The van der Waals surface area contributed by atoms with E-state index in [9.17, 15) is 4.79 Å². The minimum absolute atomic E-state index is 0.241. The fourth-order valence-electron chi connectivity index (χ4n) is 2.10. The molecule has 0 saturated heterocycles. The van der Waals surface area contributed by atoms with Crippen molar-refractivity contribution in [1.29, 1.82) is 0 Å². The molecule has 24 heavy (non-hydrogen) atoms. The van der Waals surface area contributed by atoms with Gasteiger partial charge in [-0.2, -0.15) is 0 Å². The lowest BCUT2D eigenvalue weighted by molar-refractivity contribution is 0.0945. The number of benzene rings is 1. The van der Waals surface area contributed by atoms with E-state index in [0.717, 1.165) is 17.1 Å². The van der Waals surface area contributed by atoms with Crippen molar-refractivity contribution in [2.75, 3.05) is 5.32 Å². The van der Waals surface area contributed by atoms with Crippen LogP contribution in [0.25, 0.3) is 0 Å². The summed E-state index contributed by atoms with van der Waals surface area (Å²) in [4.78, 5) is 20.4. The van der Waals surface area contributed by atoms with E-state index in [2.05, 4.69) is 20.6 Å². The molecule has 0 bridgehead atoms. The van der Waals surface area contributed by atoms with Crippen LogP contribution in [0.15, 0.2) is 67.0 Å². The van der Waals surface area contributed by atoms with Gasteiger partial charge in [-0.3, -0.25) is 9.78 Å². The number of rotatable bonds is 5. The summed E-state index contributed by atoms with van der Waals surface area (Å²) < 4.78 is 0. The van der Waals surface area contributed by atoms with Crippen LogP contribution in [0.5, 0.6) is 0 Å². The van der Waals surface area contributed by atoms with Gasteiger partial charge in [0.2, 0.25) is 0 Å². The molecule has 0 fully saturated rings. The molecular weight excluding hydrogens is 324 g/mol. The molecule has 1 aromatic carbocycles. The normalized spacial score (nSPS) is 10.2. The Bertz CT molecular complexity index is 822. The minimum atomic E-state index is -0.241. The first-order valence-corrected chi connectivity index (χ1v) is 7.75. The predicted octanol–water partition coefficient (Wildman–Crippen LogP) is 3.80. The average molecular weight is 339 g/mol. The number of aromatic nitrogens is 2. The van der Waals surface area contributed by atoms with Gasteiger partial charge in [-0.1, -0.05) is 23.7 Å². The molecule has 1 amide bonds. The van der Waals surface area contributed by atoms with Gasteiger partial charge in [0.05, 0.1) is 24.1 Å². The molecule has 120 valence electrons. The van der Waals surface area contributed by atoms with Crippen LogP contribution in [0.2, 0.25) is 5.02 Å². The summed E-state index contributed by atoms with van der Waals surface area (Å²) in [5.74, 6) is -0.241. The quantitative estimate of drug-likeness (QED) is 0.742. The van der Waals surface area contributed by atoms with Crippen LogP contribution in [-0.4, -0.2) is 15.9 Å². The van der Waals surface area contributed by atoms with Crippen LogP contribution < -0.4 is 10.6 Å². The third-order valence-corrected chi connectivity index (χ3v) is 3.50. The Balaban J connectivity index is 1.60. The first-order valence-electron chi connectivity index (χ1n) is 7.37. The van der Waals surface area contributed by atoms with E-state index < -0.39 is 0 Å². The highest BCUT2D eigenvalue weighted by Crippen LogP contribution is 2.19. The Labute approximate surface area is 144 Å². The number of amides is 1. The van der Waals surface area contributed by atoms with E-state index in [-0.39, 0.29) is 5.91 Å². The fourth-order valence-corrected chi connectivity index (χ4v) is 2.29. The van der Waals surface area contributed by atoms with Crippen LogP contribution in [0.1, 0.15) is 16.2 Å². The van der Waals surface area contributed by atoms with Crippen LogP contribution in [0.4, 0.5) is 11.4 Å². The standard InChI is InChI=1S/C18H15ClN4O/c19-13-4-3-6-14(10-13)23-16-7-8-17(21-12-16)18(24)22-11-15-5-1-2-9-20-15/h1-10,12,23H,11H2,(H,22,24). The molecule has 2 heterocycles. The van der Waals surface area contributed by atoms with Crippen molar-refractivity contribution in [2.45, 2.75) is 6.54 Å². The topological polar surface area (TPSA) is 66.9 Å². The van der Waals surface area contributed by atoms with Crippen molar-refractivity contribution >= 4 is 28.9 Å². The number of hydrogen-bond donors (Lipinski definition) is 2. The maximum atomic E-state index is 12.1. The molecule has 0 radical (unpaired) electrons. The van der Waals surface area contributed by atoms with E-state index in [1.807, 2.05) is 36.4 Å². The number of anilines is 2. The molecule has 0 aliphatic carbocycles. The SMILES string of the molecule is O=C(NCc1ccccn1)c1ccc(Nc2cccc(Cl)c2)cn1. The van der Waals surface area contributed by atoms with Gasteiger partial charge in [-0.05, 0) is 42.5 Å². The van der Waals surface area contributed by atoms with Crippen molar-refractivity contribution in [3.8, 4) is 0 Å². The average Bonchev–Trinajstić information content (AvgIpc) is 2.61. The highest BCUT2D eigenvalue weighted by molar-refractivity contribution is 6.30. The minimum Gasteiger partial charge on any atom is -0.354 e. The molecule has 3 aromatic rings. The van der Waals surface area contributed by atoms with Gasteiger partial charge in [0, 0.05) is 16.9 Å². The Morgan fingerprint density at radius 3 is 2.62 bits per heavy atom. The second-order valence-corrected chi connectivity index (χ2v) is 5.51. The van der Waals surface area contributed by atoms with Gasteiger partial charge in [0.25, 0.3) is 5.91 Å². The molecule has 0 atom stereocenters. The van der Waals surface area contributed by atoms with Gasteiger partial charge < -0.3 is 10.6 Å². The van der Waals surface area contributed by atoms with E-state index in [0.29, 0.717) is 17.3 Å². The zero-order valence-electron chi connectivity index (χ0n) is 12.7. The highest BCUT2D eigenvalue weighted by Gasteiger charge is 2.07. The molecule has 3 rings (SSSR count). The molecule has 0 spiro atoms. The van der Waals surface area contributed by atoms with Gasteiger partial charge in [0.15, 0.2) is 0 Å². The lowest BCUT2D eigenvalue weighted by Crippen LogP contribution is -2.24. The second-order valence-electron chi connectivity index (χ2n) is 5.07. The van der Waals surface area contributed by atoms with Gasteiger partial charge in [-0.25, -0.2) is 4.98 Å². The van der Waals surface area contributed by atoms with Crippen molar-refractivity contribution in [3.05, 3.63) is 83.4 Å². The van der Waals surface area contributed by atoms with Gasteiger partial charge >= 0.3 is 0 Å². The van der Waals surface area contributed by atoms with Crippen molar-refractivity contribution in [2.24, 2.45) is 0 Å². The summed E-state index contributed by atoms with van der Waals surface area (Å²) >= 11 is 5.95. The number of carbonyl (C=O) groups is 1. The summed E-state index contributed by atoms with van der Waals surface area (Å²) in [6.07, 6.45) is 3.30. The molecular formula is C18H15ClN4O. The molecule has 0 saturated carbocycles. The zero-order valence-corrected chi connectivity index (χ0v) is 13.5. The zero-order chi connectivity index (χ0) is 16.8. The van der Waals surface area contributed by atoms with Crippen molar-refractivity contribution in [3.63, 3.8) is 0 Å². The van der Waals surface area contributed by atoms with Crippen molar-refractivity contribution < 1.29 is 4.79 Å². The third-order valence-electron chi connectivity index (χ3n) is 3.27. The Hall–Kier alpha value is -2.92. The Morgan fingerprint density at radius 2 is 1.92 bits per heavy atom. The molecule has 0 unspecified atom stereocenters. The second kappa shape index (κ2) is 7.57. The number of hydrogen-bond acceptors (Lipinski definition) is 4. The van der Waals surface area contributed by atoms with Crippen molar-refractivity contribution in [1.82, 2.24) is 15.3 Å².